The molecular formula is C12H23N3O3. The Labute approximate surface area is 108 Å². The minimum Gasteiger partial charge on any atom is -0.444 e. The van der Waals surface area contributed by atoms with Crippen LogP contribution < -0.4 is 10.6 Å². The third kappa shape index (κ3) is 4.52. The SMILES string of the molecule is CN(C)C(=O)[C@@H]1C[C@H](NC(=O)OC(C)(C)C)CN1. The van der Waals surface area contributed by atoms with Gasteiger partial charge in [0.25, 0.3) is 0 Å². The maximum atomic E-state index is 11.7. The summed E-state index contributed by atoms with van der Waals surface area (Å²) in [6.07, 6.45) is 0.156. The van der Waals surface area contributed by atoms with E-state index in [9.17, 15) is 9.59 Å². The van der Waals surface area contributed by atoms with E-state index in [4.69, 9.17) is 4.74 Å². The molecule has 0 spiro atoms. The quantitative estimate of drug-likeness (QED) is 0.748. The fourth-order valence-corrected chi connectivity index (χ4v) is 1.82. The van der Waals surface area contributed by atoms with Crippen LogP contribution >= 0.6 is 0 Å². The first-order chi connectivity index (χ1) is 8.19. The van der Waals surface area contributed by atoms with Crippen molar-refractivity contribution in [3.05, 3.63) is 0 Å². The number of nitrogens with zero attached hydrogens (tertiary/aromatic N) is 1. The molecule has 0 saturated carbocycles. The monoisotopic (exact) mass is 257 g/mol. The van der Waals surface area contributed by atoms with E-state index in [-0.39, 0.29) is 18.0 Å². The van der Waals surface area contributed by atoms with Gasteiger partial charge in [0.1, 0.15) is 5.60 Å². The van der Waals surface area contributed by atoms with Crippen LogP contribution in [0, 0.1) is 0 Å². The van der Waals surface area contributed by atoms with E-state index in [1.165, 1.54) is 0 Å². The van der Waals surface area contributed by atoms with Gasteiger partial charge in [0, 0.05) is 26.7 Å². The molecule has 6 heteroatoms. The average Bonchev–Trinajstić information content (AvgIpc) is 2.61. The van der Waals surface area contributed by atoms with Crippen LogP contribution in [0.2, 0.25) is 0 Å². The van der Waals surface area contributed by atoms with E-state index in [2.05, 4.69) is 10.6 Å². The minimum atomic E-state index is -0.505. The van der Waals surface area contributed by atoms with Crippen molar-refractivity contribution in [2.24, 2.45) is 0 Å². The summed E-state index contributed by atoms with van der Waals surface area (Å²) in [4.78, 5) is 24.8. The summed E-state index contributed by atoms with van der Waals surface area (Å²) in [6.45, 7) is 6.04. The van der Waals surface area contributed by atoms with E-state index < -0.39 is 11.7 Å². The molecule has 1 aliphatic heterocycles. The van der Waals surface area contributed by atoms with Crippen LogP contribution in [0.25, 0.3) is 0 Å². The summed E-state index contributed by atoms with van der Waals surface area (Å²) in [5, 5.41) is 5.86. The lowest BCUT2D eigenvalue weighted by Crippen LogP contribution is -2.40. The number of ether oxygens (including phenoxy) is 1. The fourth-order valence-electron chi connectivity index (χ4n) is 1.82. The predicted octanol–water partition coefficient (Wildman–Crippen LogP) is 0.330. The number of nitrogens with one attached hydrogen (secondary N) is 2. The summed E-state index contributed by atoms with van der Waals surface area (Å²) in [5.41, 5.74) is -0.505. The second-order valence-corrected chi connectivity index (χ2v) is 5.77. The predicted molar refractivity (Wildman–Crippen MR) is 68.3 cm³/mol. The van der Waals surface area contributed by atoms with E-state index in [1.807, 2.05) is 20.8 Å². The van der Waals surface area contributed by atoms with Gasteiger partial charge in [0.05, 0.1) is 6.04 Å². The fraction of sp³-hybridized carbons (Fsp3) is 0.833. The van der Waals surface area contributed by atoms with E-state index in [0.29, 0.717) is 13.0 Å². The van der Waals surface area contributed by atoms with Crippen molar-refractivity contribution < 1.29 is 14.3 Å². The molecule has 0 unspecified atom stereocenters. The zero-order chi connectivity index (χ0) is 13.9. The highest BCUT2D eigenvalue weighted by Crippen LogP contribution is 2.11. The normalized spacial score (nSPS) is 23.6. The second kappa shape index (κ2) is 5.56. The first-order valence-electron chi connectivity index (χ1n) is 6.13. The second-order valence-electron chi connectivity index (χ2n) is 5.77. The lowest BCUT2D eigenvalue weighted by molar-refractivity contribution is -0.130. The molecule has 0 aromatic heterocycles. The standard InChI is InChI=1S/C12H23N3O3/c1-12(2,3)18-11(17)14-8-6-9(13-7-8)10(16)15(4)5/h8-9,13H,6-7H2,1-5H3,(H,14,17)/t8-,9-/m0/s1. The Kier molecular flexibility index (Phi) is 4.56. The summed E-state index contributed by atoms with van der Waals surface area (Å²) >= 11 is 0. The van der Waals surface area contributed by atoms with Crippen molar-refractivity contribution in [3.8, 4) is 0 Å². The summed E-state index contributed by atoms with van der Waals surface area (Å²) in [6, 6.07) is -0.284. The molecule has 1 heterocycles. The van der Waals surface area contributed by atoms with Gasteiger partial charge < -0.3 is 20.3 Å². The number of hydrogen-bond acceptors (Lipinski definition) is 4. The van der Waals surface area contributed by atoms with Gasteiger partial charge >= 0.3 is 6.09 Å². The number of hydrogen-bond donors (Lipinski definition) is 2. The zero-order valence-corrected chi connectivity index (χ0v) is 11.7. The van der Waals surface area contributed by atoms with Gasteiger partial charge in [-0.3, -0.25) is 4.79 Å². The molecule has 2 amide bonds. The first-order valence-corrected chi connectivity index (χ1v) is 6.13. The van der Waals surface area contributed by atoms with Gasteiger partial charge in [0.2, 0.25) is 5.91 Å². The van der Waals surface area contributed by atoms with Gasteiger partial charge in [-0.1, -0.05) is 0 Å². The van der Waals surface area contributed by atoms with Crippen LogP contribution in [0.1, 0.15) is 27.2 Å². The van der Waals surface area contributed by atoms with E-state index in [0.717, 1.165) is 0 Å². The number of likely N-dealkylation sites (N-methyl/N-ethyl adjacent to an activating group) is 1. The van der Waals surface area contributed by atoms with Crippen LogP contribution in [0.3, 0.4) is 0 Å². The Morgan fingerprint density at radius 3 is 2.44 bits per heavy atom. The van der Waals surface area contributed by atoms with E-state index in [1.54, 1.807) is 19.0 Å². The number of carbonyl (C=O) groups excluding carboxylic acids is 2. The highest BCUT2D eigenvalue weighted by molar-refractivity contribution is 5.82. The molecule has 2 atom stereocenters. The maximum Gasteiger partial charge on any atom is 0.407 e. The smallest absolute Gasteiger partial charge is 0.407 e. The molecule has 2 N–H and O–H groups in total. The molecule has 1 rings (SSSR count). The van der Waals surface area contributed by atoms with Crippen LogP contribution in [0.15, 0.2) is 0 Å². The summed E-state index contributed by atoms with van der Waals surface area (Å²) in [5.74, 6) is 0.0310. The molecule has 0 bridgehead atoms. The van der Waals surface area contributed by atoms with Crippen molar-refractivity contribution in [3.63, 3.8) is 0 Å². The van der Waals surface area contributed by atoms with Crippen molar-refractivity contribution in [2.45, 2.75) is 44.9 Å². The first kappa shape index (κ1) is 14.8. The van der Waals surface area contributed by atoms with Crippen molar-refractivity contribution in [2.75, 3.05) is 20.6 Å². The highest BCUT2D eigenvalue weighted by Gasteiger charge is 2.31. The molecule has 1 fully saturated rings. The molecule has 104 valence electrons. The van der Waals surface area contributed by atoms with Crippen LogP contribution in [-0.4, -0.2) is 55.2 Å². The van der Waals surface area contributed by atoms with Crippen molar-refractivity contribution in [1.29, 1.82) is 0 Å². The molecule has 6 nitrogen and oxygen atoms in total. The maximum absolute atomic E-state index is 11.7. The van der Waals surface area contributed by atoms with Gasteiger partial charge in [-0.2, -0.15) is 0 Å². The Balaban J connectivity index is 2.39. The zero-order valence-electron chi connectivity index (χ0n) is 11.7. The minimum absolute atomic E-state index is 0.0310. The van der Waals surface area contributed by atoms with Crippen molar-refractivity contribution in [1.82, 2.24) is 15.5 Å². The third-order valence-corrected chi connectivity index (χ3v) is 2.59. The van der Waals surface area contributed by atoms with Crippen LogP contribution in [0.5, 0.6) is 0 Å². The number of amides is 2. The third-order valence-electron chi connectivity index (χ3n) is 2.59. The topological polar surface area (TPSA) is 70.7 Å². The Hall–Kier alpha value is -1.30. The molecule has 0 radical (unpaired) electrons. The molecule has 1 aliphatic rings. The lowest BCUT2D eigenvalue weighted by Gasteiger charge is -2.21. The molecular weight excluding hydrogens is 234 g/mol. The lowest BCUT2D eigenvalue weighted by atomic mass is 10.1. The summed E-state index contributed by atoms with van der Waals surface area (Å²) in [7, 11) is 3.44. The number of carbonyl (C=O) groups is 2. The van der Waals surface area contributed by atoms with Gasteiger partial charge in [-0.25, -0.2) is 4.79 Å². The average molecular weight is 257 g/mol. The van der Waals surface area contributed by atoms with Gasteiger partial charge in [-0.05, 0) is 27.2 Å². The molecule has 0 aliphatic carbocycles. The Morgan fingerprint density at radius 2 is 1.94 bits per heavy atom. The van der Waals surface area contributed by atoms with Gasteiger partial charge in [-0.15, -0.1) is 0 Å². The number of alkyl carbamates (subject to hydrolysis) is 1. The van der Waals surface area contributed by atoms with Crippen LogP contribution in [0.4, 0.5) is 4.79 Å². The van der Waals surface area contributed by atoms with Gasteiger partial charge in [0.15, 0.2) is 0 Å². The largest absolute Gasteiger partial charge is 0.444 e. The Bertz CT molecular complexity index is 323. The molecule has 18 heavy (non-hydrogen) atoms. The highest BCUT2D eigenvalue weighted by atomic mass is 16.6. The summed E-state index contributed by atoms with van der Waals surface area (Å²) < 4.78 is 5.17. The number of rotatable bonds is 2. The molecule has 0 aromatic rings. The Morgan fingerprint density at radius 1 is 1.33 bits per heavy atom. The van der Waals surface area contributed by atoms with Crippen molar-refractivity contribution >= 4 is 12.0 Å². The molecule has 1 saturated heterocycles. The van der Waals surface area contributed by atoms with Crippen LogP contribution in [-0.2, 0) is 9.53 Å². The van der Waals surface area contributed by atoms with E-state index >= 15 is 0 Å². The molecule has 0 aromatic carbocycles.